The Hall–Kier alpha value is -2.15. The molecular formula is C12H14N2O5. The molecule has 0 spiro atoms. The number of carbonyl (C=O) groups is 2. The number of ether oxygens (including phenoxy) is 2. The topological polar surface area (TPSA) is 97.8 Å². The number of aliphatic carboxylic acids is 1. The first-order valence-corrected chi connectivity index (χ1v) is 5.71. The molecule has 1 aromatic rings. The van der Waals surface area contributed by atoms with Crippen LogP contribution in [0.4, 0.5) is 0 Å². The summed E-state index contributed by atoms with van der Waals surface area (Å²) in [6, 6.07) is 1.47. The minimum atomic E-state index is -1.37. The van der Waals surface area contributed by atoms with Crippen molar-refractivity contribution in [3.8, 4) is 5.75 Å². The van der Waals surface area contributed by atoms with Gasteiger partial charge in [0.15, 0.2) is 5.54 Å². The van der Waals surface area contributed by atoms with Crippen molar-refractivity contribution in [2.75, 3.05) is 20.3 Å². The van der Waals surface area contributed by atoms with Crippen LogP contribution in [0.1, 0.15) is 16.8 Å². The molecule has 2 N–H and O–H groups in total. The summed E-state index contributed by atoms with van der Waals surface area (Å²) in [5, 5.41) is 11.8. The van der Waals surface area contributed by atoms with E-state index in [0.717, 1.165) is 0 Å². The zero-order valence-electron chi connectivity index (χ0n) is 10.4. The van der Waals surface area contributed by atoms with Crippen LogP contribution in [0, 0.1) is 0 Å². The number of carbonyl (C=O) groups excluding carboxylic acids is 1. The van der Waals surface area contributed by atoms with E-state index < -0.39 is 17.4 Å². The molecule has 1 fully saturated rings. The van der Waals surface area contributed by atoms with Crippen LogP contribution in [0.25, 0.3) is 0 Å². The molecule has 2 rings (SSSR count). The second-order valence-electron chi connectivity index (χ2n) is 4.22. The number of amides is 1. The molecule has 19 heavy (non-hydrogen) atoms. The van der Waals surface area contributed by atoms with Gasteiger partial charge in [-0.2, -0.15) is 0 Å². The molecule has 1 unspecified atom stereocenters. The van der Waals surface area contributed by atoms with Crippen LogP contribution in [0.15, 0.2) is 18.5 Å². The van der Waals surface area contributed by atoms with E-state index in [9.17, 15) is 14.7 Å². The third-order valence-corrected chi connectivity index (χ3v) is 3.03. The summed E-state index contributed by atoms with van der Waals surface area (Å²) >= 11 is 0. The van der Waals surface area contributed by atoms with Gasteiger partial charge in [-0.1, -0.05) is 0 Å². The number of carboxylic acid groups (broad SMARTS) is 1. The molecule has 1 amide bonds. The molecule has 1 atom stereocenters. The van der Waals surface area contributed by atoms with Crippen LogP contribution < -0.4 is 10.1 Å². The maximum absolute atomic E-state index is 12.2. The Kier molecular flexibility index (Phi) is 3.66. The third kappa shape index (κ3) is 2.50. The van der Waals surface area contributed by atoms with Crippen molar-refractivity contribution in [3.63, 3.8) is 0 Å². The van der Waals surface area contributed by atoms with Gasteiger partial charge in [0.25, 0.3) is 5.91 Å². The summed E-state index contributed by atoms with van der Waals surface area (Å²) in [4.78, 5) is 27.3. The van der Waals surface area contributed by atoms with Gasteiger partial charge in [0.2, 0.25) is 0 Å². The maximum atomic E-state index is 12.2. The second-order valence-corrected chi connectivity index (χ2v) is 4.22. The Balaban J connectivity index is 2.23. The molecular weight excluding hydrogens is 252 g/mol. The standard InChI is InChI=1S/C12H14N2O5/c1-18-9-6-13-4-2-8(9)10(15)14-12(11(16)17)3-5-19-7-12/h2,4,6H,3,5,7H2,1H3,(H,14,15)(H,16,17). The van der Waals surface area contributed by atoms with Gasteiger partial charge in [0, 0.05) is 19.2 Å². The average Bonchev–Trinajstić information content (AvgIpc) is 2.88. The van der Waals surface area contributed by atoms with Crippen molar-refractivity contribution in [2.24, 2.45) is 0 Å². The highest BCUT2D eigenvalue weighted by Gasteiger charge is 2.44. The summed E-state index contributed by atoms with van der Waals surface area (Å²) < 4.78 is 10.1. The van der Waals surface area contributed by atoms with Crippen LogP contribution in [0.3, 0.4) is 0 Å². The normalized spacial score (nSPS) is 21.9. The summed E-state index contributed by atoms with van der Waals surface area (Å²) in [7, 11) is 1.42. The van der Waals surface area contributed by atoms with Gasteiger partial charge in [-0.15, -0.1) is 0 Å². The molecule has 1 saturated heterocycles. The molecule has 0 bridgehead atoms. The predicted molar refractivity (Wildman–Crippen MR) is 64.1 cm³/mol. The fourth-order valence-electron chi connectivity index (χ4n) is 1.90. The molecule has 0 aliphatic carbocycles. The Morgan fingerprint density at radius 1 is 1.58 bits per heavy atom. The highest BCUT2D eigenvalue weighted by atomic mass is 16.5. The number of pyridine rings is 1. The highest BCUT2D eigenvalue weighted by Crippen LogP contribution is 2.22. The van der Waals surface area contributed by atoms with Crippen LogP contribution in [-0.2, 0) is 9.53 Å². The van der Waals surface area contributed by atoms with Crippen LogP contribution in [0.5, 0.6) is 5.75 Å². The highest BCUT2D eigenvalue weighted by molar-refractivity contribution is 6.00. The lowest BCUT2D eigenvalue weighted by Crippen LogP contribution is -2.55. The average molecular weight is 266 g/mol. The number of carboxylic acids is 1. The number of aromatic nitrogens is 1. The van der Waals surface area contributed by atoms with E-state index in [4.69, 9.17) is 9.47 Å². The third-order valence-electron chi connectivity index (χ3n) is 3.03. The number of nitrogens with zero attached hydrogens (tertiary/aromatic N) is 1. The Morgan fingerprint density at radius 2 is 2.37 bits per heavy atom. The molecule has 0 radical (unpaired) electrons. The minimum absolute atomic E-state index is 0.0402. The van der Waals surface area contributed by atoms with Crippen molar-refractivity contribution >= 4 is 11.9 Å². The SMILES string of the molecule is COc1cnccc1C(=O)NC1(C(=O)O)CCOC1. The first kappa shape index (κ1) is 13.3. The smallest absolute Gasteiger partial charge is 0.331 e. The Labute approximate surface area is 109 Å². The molecule has 1 aromatic heterocycles. The molecule has 102 valence electrons. The molecule has 1 aliphatic rings. The van der Waals surface area contributed by atoms with E-state index in [2.05, 4.69) is 10.3 Å². The molecule has 7 heteroatoms. The molecule has 7 nitrogen and oxygen atoms in total. The monoisotopic (exact) mass is 266 g/mol. The van der Waals surface area contributed by atoms with Crippen molar-refractivity contribution < 1.29 is 24.2 Å². The lowest BCUT2D eigenvalue weighted by molar-refractivity contribution is -0.144. The Morgan fingerprint density at radius 3 is 2.95 bits per heavy atom. The second kappa shape index (κ2) is 5.23. The maximum Gasteiger partial charge on any atom is 0.331 e. The first-order chi connectivity index (χ1) is 9.09. The summed E-state index contributed by atoms with van der Waals surface area (Å²) in [6.07, 6.45) is 3.07. The van der Waals surface area contributed by atoms with E-state index in [0.29, 0.717) is 12.4 Å². The van der Waals surface area contributed by atoms with Gasteiger partial charge in [-0.05, 0) is 6.07 Å². The molecule has 2 heterocycles. The molecule has 1 aliphatic heterocycles. The van der Waals surface area contributed by atoms with Crippen molar-refractivity contribution in [3.05, 3.63) is 24.0 Å². The zero-order chi connectivity index (χ0) is 13.9. The van der Waals surface area contributed by atoms with Gasteiger partial charge < -0.3 is 19.9 Å². The van der Waals surface area contributed by atoms with Crippen LogP contribution in [-0.4, -0.2) is 47.8 Å². The van der Waals surface area contributed by atoms with E-state index in [1.807, 2.05) is 0 Å². The van der Waals surface area contributed by atoms with Crippen molar-refractivity contribution in [2.45, 2.75) is 12.0 Å². The van der Waals surface area contributed by atoms with Gasteiger partial charge in [-0.25, -0.2) is 4.79 Å². The number of hydrogen-bond acceptors (Lipinski definition) is 5. The lowest BCUT2D eigenvalue weighted by Gasteiger charge is -2.24. The van der Waals surface area contributed by atoms with E-state index in [1.165, 1.54) is 25.6 Å². The van der Waals surface area contributed by atoms with E-state index >= 15 is 0 Å². The van der Waals surface area contributed by atoms with Gasteiger partial charge in [0.05, 0.1) is 25.5 Å². The number of rotatable bonds is 4. The van der Waals surface area contributed by atoms with Gasteiger partial charge in [-0.3, -0.25) is 9.78 Å². The number of hydrogen-bond donors (Lipinski definition) is 2. The van der Waals surface area contributed by atoms with Gasteiger partial charge in [0.1, 0.15) is 5.75 Å². The quantitative estimate of drug-likeness (QED) is 0.800. The Bertz CT molecular complexity index is 497. The van der Waals surface area contributed by atoms with Crippen molar-refractivity contribution in [1.82, 2.24) is 10.3 Å². The van der Waals surface area contributed by atoms with Crippen LogP contribution >= 0.6 is 0 Å². The van der Waals surface area contributed by atoms with Crippen molar-refractivity contribution in [1.29, 1.82) is 0 Å². The van der Waals surface area contributed by atoms with Crippen LogP contribution in [0.2, 0.25) is 0 Å². The largest absolute Gasteiger partial charge is 0.494 e. The summed E-state index contributed by atoms with van der Waals surface area (Å²) in [6.45, 7) is 0.265. The predicted octanol–water partition coefficient (Wildman–Crippen LogP) is 0.0637. The van der Waals surface area contributed by atoms with E-state index in [-0.39, 0.29) is 18.6 Å². The fourth-order valence-corrected chi connectivity index (χ4v) is 1.90. The lowest BCUT2D eigenvalue weighted by atomic mass is 9.98. The summed E-state index contributed by atoms with van der Waals surface area (Å²) in [5.41, 5.74) is -1.13. The first-order valence-electron chi connectivity index (χ1n) is 5.71. The fraction of sp³-hybridized carbons (Fsp3) is 0.417. The number of methoxy groups -OCH3 is 1. The van der Waals surface area contributed by atoms with E-state index in [1.54, 1.807) is 0 Å². The summed E-state index contributed by atoms with van der Waals surface area (Å²) in [5.74, 6) is -1.34. The molecule has 0 saturated carbocycles. The minimum Gasteiger partial charge on any atom is -0.494 e. The zero-order valence-corrected chi connectivity index (χ0v) is 10.4. The number of nitrogens with one attached hydrogen (secondary N) is 1. The van der Waals surface area contributed by atoms with Gasteiger partial charge >= 0.3 is 5.97 Å². The molecule has 0 aromatic carbocycles.